The number of hydrogen-bond acceptors (Lipinski definition) is 13. The third-order valence-corrected chi connectivity index (χ3v) is 8.11. The molecule has 16 nitrogen and oxygen atoms in total. The SMILES string of the molecule is CCOC(=O)c1nn(C)c2c1CCc1cnc(=O)[nH]c1-2.CCOC(=O)c1nn(C)c2c1CCc1cnc(OS(=O)(=O)C(F)(F)F)nc1-2. The van der Waals surface area contributed by atoms with Crippen LogP contribution in [0.1, 0.15) is 57.1 Å². The number of carbonyl (C=O) groups is 2. The third kappa shape index (κ3) is 6.31. The van der Waals surface area contributed by atoms with Crippen molar-refractivity contribution in [2.24, 2.45) is 14.1 Å². The van der Waals surface area contributed by atoms with Crippen molar-refractivity contribution in [3.05, 3.63) is 56.5 Å². The number of fused-ring (bicyclic) bond motifs is 6. The summed E-state index contributed by atoms with van der Waals surface area (Å²) >= 11 is 0. The van der Waals surface area contributed by atoms with Crippen LogP contribution >= 0.6 is 0 Å². The first-order chi connectivity index (χ1) is 22.2. The Kier molecular flexibility index (Phi) is 8.89. The molecule has 0 fully saturated rings. The van der Waals surface area contributed by atoms with Crippen LogP contribution in [-0.2, 0) is 59.4 Å². The zero-order chi connectivity index (χ0) is 34.3. The van der Waals surface area contributed by atoms with Crippen molar-refractivity contribution >= 4 is 22.1 Å². The van der Waals surface area contributed by atoms with Crippen LogP contribution in [-0.4, -0.2) is 78.6 Å². The van der Waals surface area contributed by atoms with Crippen LogP contribution in [0.5, 0.6) is 6.01 Å². The highest BCUT2D eigenvalue weighted by Gasteiger charge is 2.49. The Balaban J connectivity index is 0.000000193. The molecule has 0 spiro atoms. The van der Waals surface area contributed by atoms with Gasteiger partial charge in [-0.1, -0.05) is 0 Å². The lowest BCUT2D eigenvalue weighted by atomic mass is 9.93. The fourth-order valence-corrected chi connectivity index (χ4v) is 5.62. The number of aromatic nitrogens is 8. The van der Waals surface area contributed by atoms with Gasteiger partial charge in [0, 0.05) is 37.6 Å². The Morgan fingerprint density at radius 1 is 0.872 bits per heavy atom. The molecule has 0 aromatic carbocycles. The first-order valence-corrected chi connectivity index (χ1v) is 15.5. The van der Waals surface area contributed by atoms with Crippen molar-refractivity contribution in [1.82, 2.24) is 39.5 Å². The first kappa shape index (κ1) is 33.2. The Morgan fingerprint density at radius 2 is 1.40 bits per heavy atom. The summed E-state index contributed by atoms with van der Waals surface area (Å²) in [6.45, 7) is 3.85. The lowest BCUT2D eigenvalue weighted by Gasteiger charge is -2.17. The molecule has 47 heavy (non-hydrogen) atoms. The molecule has 0 atom stereocenters. The highest BCUT2D eigenvalue weighted by Crippen LogP contribution is 2.36. The zero-order valence-electron chi connectivity index (χ0n) is 25.3. The molecule has 0 radical (unpaired) electrons. The molecule has 0 bridgehead atoms. The van der Waals surface area contributed by atoms with E-state index in [9.17, 15) is 36.0 Å². The topological polar surface area (TPSA) is 203 Å². The summed E-state index contributed by atoms with van der Waals surface area (Å²) in [5.74, 6) is -1.06. The summed E-state index contributed by atoms with van der Waals surface area (Å²) in [5, 5.41) is 8.33. The fourth-order valence-electron chi connectivity index (χ4n) is 5.25. The Labute approximate surface area is 264 Å². The fraction of sp³-hybridized carbons (Fsp3) is 0.407. The maximum Gasteiger partial charge on any atom is 0.534 e. The van der Waals surface area contributed by atoms with E-state index < -0.39 is 39.3 Å². The Hall–Kier alpha value is -5.14. The lowest BCUT2D eigenvalue weighted by Crippen LogP contribution is -2.28. The molecule has 4 heterocycles. The number of nitrogens with one attached hydrogen (secondary N) is 1. The largest absolute Gasteiger partial charge is 0.534 e. The minimum absolute atomic E-state index is 0.0731. The molecule has 0 amide bonds. The number of nitrogens with zero attached hydrogens (tertiary/aromatic N) is 7. The Bertz CT molecular complexity index is 2050. The predicted molar refractivity (Wildman–Crippen MR) is 154 cm³/mol. The van der Waals surface area contributed by atoms with Gasteiger partial charge in [0.25, 0.3) is 0 Å². The van der Waals surface area contributed by atoms with Crippen LogP contribution in [0.3, 0.4) is 0 Å². The van der Waals surface area contributed by atoms with Gasteiger partial charge in [0.15, 0.2) is 11.4 Å². The van der Waals surface area contributed by atoms with Gasteiger partial charge in [0.1, 0.15) is 0 Å². The van der Waals surface area contributed by atoms with Gasteiger partial charge in [-0.15, -0.1) is 0 Å². The minimum Gasteiger partial charge on any atom is -0.461 e. The van der Waals surface area contributed by atoms with E-state index in [1.165, 1.54) is 17.9 Å². The summed E-state index contributed by atoms with van der Waals surface area (Å²) in [7, 11) is -2.64. The van der Waals surface area contributed by atoms with Gasteiger partial charge in [-0.3, -0.25) is 9.36 Å². The van der Waals surface area contributed by atoms with E-state index in [2.05, 4.69) is 34.3 Å². The molecular weight excluding hydrogens is 653 g/mol. The smallest absolute Gasteiger partial charge is 0.461 e. The van der Waals surface area contributed by atoms with Gasteiger partial charge in [0.05, 0.1) is 36.0 Å². The van der Waals surface area contributed by atoms with Crippen LogP contribution < -0.4 is 9.87 Å². The molecule has 0 saturated carbocycles. The molecule has 2 aliphatic carbocycles. The van der Waals surface area contributed by atoms with Crippen molar-refractivity contribution in [3.63, 3.8) is 0 Å². The van der Waals surface area contributed by atoms with Crippen LogP contribution in [0.15, 0.2) is 17.2 Å². The summed E-state index contributed by atoms with van der Waals surface area (Å²) in [4.78, 5) is 49.2. The number of halogens is 3. The molecule has 6 rings (SSSR count). The van der Waals surface area contributed by atoms with Gasteiger partial charge >= 0.3 is 39.3 Å². The second kappa shape index (κ2) is 12.6. The highest BCUT2D eigenvalue weighted by atomic mass is 32.2. The number of aryl methyl sites for hydroxylation is 4. The number of esters is 2. The molecule has 2 aliphatic rings. The van der Waals surface area contributed by atoms with Crippen LogP contribution in [0.4, 0.5) is 13.2 Å². The van der Waals surface area contributed by atoms with E-state index in [0.717, 1.165) is 16.8 Å². The van der Waals surface area contributed by atoms with Crippen molar-refractivity contribution in [1.29, 1.82) is 0 Å². The predicted octanol–water partition coefficient (Wildman–Crippen LogP) is 1.83. The maximum atomic E-state index is 12.5. The van der Waals surface area contributed by atoms with Crippen LogP contribution in [0.2, 0.25) is 0 Å². The average Bonchev–Trinajstić information content (AvgIpc) is 3.54. The number of alkyl halides is 3. The molecular formula is C27H27F3N8O8S. The molecule has 0 aliphatic heterocycles. The van der Waals surface area contributed by atoms with Crippen molar-refractivity contribution in [3.8, 4) is 28.8 Å². The second-order valence-corrected chi connectivity index (χ2v) is 11.7. The summed E-state index contributed by atoms with van der Waals surface area (Å²) < 4.78 is 76.7. The molecule has 20 heteroatoms. The second-order valence-electron chi connectivity index (χ2n) is 10.1. The maximum absolute atomic E-state index is 12.5. The van der Waals surface area contributed by atoms with Crippen molar-refractivity contribution < 1.29 is 44.8 Å². The van der Waals surface area contributed by atoms with Crippen LogP contribution in [0, 0.1) is 0 Å². The monoisotopic (exact) mass is 680 g/mol. The van der Waals surface area contributed by atoms with E-state index in [1.54, 1.807) is 31.8 Å². The van der Waals surface area contributed by atoms with E-state index >= 15 is 0 Å². The number of carbonyl (C=O) groups excluding carboxylic acids is 2. The molecule has 1 N–H and O–H groups in total. The van der Waals surface area contributed by atoms with E-state index in [-0.39, 0.29) is 18.0 Å². The number of aromatic amines is 1. The van der Waals surface area contributed by atoms with Gasteiger partial charge in [0.2, 0.25) is 0 Å². The molecule has 4 aromatic heterocycles. The normalized spacial score (nSPS) is 13.3. The molecule has 0 unspecified atom stereocenters. The summed E-state index contributed by atoms with van der Waals surface area (Å²) in [5.41, 5.74) is -0.834. The highest BCUT2D eigenvalue weighted by molar-refractivity contribution is 7.87. The number of hydrogen-bond donors (Lipinski definition) is 1. The quantitative estimate of drug-likeness (QED) is 0.176. The lowest BCUT2D eigenvalue weighted by molar-refractivity contribution is -0.0502. The van der Waals surface area contributed by atoms with Crippen molar-refractivity contribution in [2.45, 2.75) is 45.0 Å². The van der Waals surface area contributed by atoms with Gasteiger partial charge < -0.3 is 18.6 Å². The first-order valence-electron chi connectivity index (χ1n) is 14.1. The van der Waals surface area contributed by atoms with Crippen LogP contribution in [0.25, 0.3) is 22.8 Å². The van der Waals surface area contributed by atoms with Gasteiger partial charge in [-0.25, -0.2) is 24.4 Å². The summed E-state index contributed by atoms with van der Waals surface area (Å²) in [6, 6.07) is -0.974. The third-order valence-electron chi connectivity index (χ3n) is 7.18. The van der Waals surface area contributed by atoms with Gasteiger partial charge in [-0.05, 0) is 50.7 Å². The molecule has 250 valence electrons. The van der Waals surface area contributed by atoms with E-state index in [1.807, 2.05) is 0 Å². The molecule has 0 saturated heterocycles. The number of ether oxygens (including phenoxy) is 2. The zero-order valence-corrected chi connectivity index (χ0v) is 26.2. The number of rotatable bonds is 6. The Morgan fingerprint density at radius 3 is 1.98 bits per heavy atom. The standard InChI is InChI=1S/C14H13F3N4O5S.C13H14N4O3/c1-3-25-12(22)10-8-5-4-7-6-18-13(26-27(23,24)14(15,16)17)19-9(7)11(8)21(2)20-10;1-3-20-12(18)10-8-5-4-7-6-14-13(19)15-9(7)11(8)17(2)16-10/h6H,3-5H2,1-2H3;6H,3-5H2,1-2H3,(H,14,15,19). The minimum atomic E-state index is -5.90. The van der Waals surface area contributed by atoms with Crippen molar-refractivity contribution in [2.75, 3.05) is 13.2 Å². The van der Waals surface area contributed by atoms with Gasteiger partial charge in [-0.2, -0.15) is 36.8 Å². The average molecular weight is 681 g/mol. The number of H-pyrrole nitrogens is 1. The summed E-state index contributed by atoms with van der Waals surface area (Å²) in [6.07, 6.45) is 4.95. The van der Waals surface area contributed by atoms with E-state index in [4.69, 9.17) is 9.47 Å². The van der Waals surface area contributed by atoms with E-state index in [0.29, 0.717) is 60.5 Å². The molecule has 4 aromatic rings.